The molecule has 0 aliphatic carbocycles. The number of hydrogen-bond donors (Lipinski definition) is 0. The maximum Gasteiger partial charge on any atom is 0.111 e. The molecule has 0 radical (unpaired) electrons. The highest BCUT2D eigenvalue weighted by atomic mass is 15.1. The van der Waals surface area contributed by atoms with Crippen LogP contribution in [0.3, 0.4) is 0 Å². The third-order valence-corrected chi connectivity index (χ3v) is 5.49. The van der Waals surface area contributed by atoms with Crippen LogP contribution in [0.1, 0.15) is 11.6 Å². The van der Waals surface area contributed by atoms with Gasteiger partial charge in [0.05, 0.1) is 22.1 Å². The zero-order valence-corrected chi connectivity index (χ0v) is 18.2. The van der Waals surface area contributed by atoms with Crippen molar-refractivity contribution in [3.8, 4) is 11.4 Å². The molecule has 0 spiro atoms. The summed E-state index contributed by atoms with van der Waals surface area (Å²) < 4.78 is 4.35. The lowest BCUT2D eigenvalue weighted by Gasteiger charge is -2.05. The van der Waals surface area contributed by atoms with Gasteiger partial charge in [0.2, 0.25) is 0 Å². The first-order valence-electron chi connectivity index (χ1n) is 10.7. The molecule has 4 heteroatoms. The molecular formula is C28H24N4. The summed E-state index contributed by atoms with van der Waals surface area (Å²) >= 11 is 0. The number of para-hydroxylation sites is 6. The minimum absolute atomic E-state index is 1.02. The summed E-state index contributed by atoms with van der Waals surface area (Å²) in [6, 6.07) is 37.0. The van der Waals surface area contributed by atoms with Crippen LogP contribution in [0.25, 0.3) is 33.4 Å². The van der Waals surface area contributed by atoms with E-state index in [1.807, 2.05) is 86.6 Å². The Morgan fingerprint density at radius 1 is 0.438 bits per heavy atom. The fraction of sp³-hybridized carbons (Fsp3) is 0.0714. The first-order chi connectivity index (χ1) is 15.7. The molecule has 2 aromatic heterocycles. The largest absolute Gasteiger partial charge is 0.297 e. The normalized spacial score (nSPS) is 10.8. The molecular weight excluding hydrogens is 392 g/mol. The summed E-state index contributed by atoms with van der Waals surface area (Å²) in [7, 11) is 0. The van der Waals surface area contributed by atoms with Gasteiger partial charge in [-0.05, 0) is 62.4 Å². The van der Waals surface area contributed by atoms with Crippen LogP contribution in [0.2, 0.25) is 0 Å². The minimum atomic E-state index is 1.02. The van der Waals surface area contributed by atoms with Crippen molar-refractivity contribution in [2.24, 2.45) is 0 Å². The fourth-order valence-electron chi connectivity index (χ4n) is 4.10. The zero-order chi connectivity index (χ0) is 21.9. The molecule has 0 aliphatic heterocycles. The van der Waals surface area contributed by atoms with E-state index in [2.05, 4.69) is 55.5 Å². The Morgan fingerprint density at radius 3 is 1.19 bits per heavy atom. The SMILES string of the molecule is Cc1nc2ccccc2n1-c1ccccc1.Cc1nc2ccccc2n1-c1ccccc1. The van der Waals surface area contributed by atoms with Crippen LogP contribution in [0.5, 0.6) is 0 Å². The molecule has 6 rings (SSSR count). The molecule has 0 bridgehead atoms. The van der Waals surface area contributed by atoms with Gasteiger partial charge < -0.3 is 0 Å². The third-order valence-electron chi connectivity index (χ3n) is 5.49. The van der Waals surface area contributed by atoms with Crippen molar-refractivity contribution < 1.29 is 0 Å². The summed E-state index contributed by atoms with van der Waals surface area (Å²) in [5.41, 5.74) is 6.73. The van der Waals surface area contributed by atoms with E-state index in [-0.39, 0.29) is 0 Å². The van der Waals surface area contributed by atoms with E-state index in [4.69, 9.17) is 0 Å². The Hall–Kier alpha value is -4.18. The minimum Gasteiger partial charge on any atom is -0.297 e. The van der Waals surface area contributed by atoms with Crippen molar-refractivity contribution in [1.29, 1.82) is 0 Å². The van der Waals surface area contributed by atoms with Gasteiger partial charge >= 0.3 is 0 Å². The topological polar surface area (TPSA) is 35.6 Å². The predicted molar refractivity (Wildman–Crippen MR) is 132 cm³/mol. The van der Waals surface area contributed by atoms with E-state index in [9.17, 15) is 0 Å². The van der Waals surface area contributed by atoms with Crippen molar-refractivity contribution in [2.75, 3.05) is 0 Å². The second-order valence-electron chi connectivity index (χ2n) is 7.64. The molecule has 4 aromatic carbocycles. The summed E-state index contributed by atoms with van der Waals surface area (Å²) in [4.78, 5) is 9.10. The molecule has 0 atom stereocenters. The highest BCUT2D eigenvalue weighted by Crippen LogP contribution is 2.21. The molecule has 0 unspecified atom stereocenters. The molecule has 6 aromatic rings. The summed E-state index contributed by atoms with van der Waals surface area (Å²) in [5, 5.41) is 0. The Bertz CT molecular complexity index is 1360. The highest BCUT2D eigenvalue weighted by molar-refractivity contribution is 5.78. The van der Waals surface area contributed by atoms with E-state index >= 15 is 0 Å². The maximum atomic E-state index is 4.55. The van der Waals surface area contributed by atoms with Crippen LogP contribution in [0.15, 0.2) is 109 Å². The van der Waals surface area contributed by atoms with Gasteiger partial charge in [0.15, 0.2) is 0 Å². The van der Waals surface area contributed by atoms with Crippen molar-refractivity contribution in [3.05, 3.63) is 121 Å². The number of hydrogen-bond acceptors (Lipinski definition) is 2. The number of imidazole rings is 2. The quantitative estimate of drug-likeness (QED) is 0.316. The van der Waals surface area contributed by atoms with Crippen molar-refractivity contribution in [1.82, 2.24) is 19.1 Å². The Balaban J connectivity index is 0.000000135. The summed E-state index contributed by atoms with van der Waals surface area (Å²) in [6.07, 6.45) is 0. The first kappa shape index (κ1) is 19.8. The number of aryl methyl sites for hydroxylation is 2. The van der Waals surface area contributed by atoms with E-state index < -0.39 is 0 Å². The van der Waals surface area contributed by atoms with E-state index in [1.54, 1.807) is 0 Å². The van der Waals surface area contributed by atoms with Gasteiger partial charge in [-0.1, -0.05) is 60.7 Å². The second kappa shape index (κ2) is 8.52. The number of nitrogens with zero attached hydrogens (tertiary/aromatic N) is 4. The zero-order valence-electron chi connectivity index (χ0n) is 18.2. The van der Waals surface area contributed by atoms with Crippen LogP contribution in [-0.4, -0.2) is 19.1 Å². The molecule has 0 fully saturated rings. The van der Waals surface area contributed by atoms with Gasteiger partial charge in [-0.3, -0.25) is 9.13 Å². The lowest BCUT2D eigenvalue weighted by atomic mass is 10.3. The van der Waals surface area contributed by atoms with Gasteiger partial charge in [0, 0.05) is 11.4 Å². The molecule has 0 aliphatic rings. The molecule has 156 valence electrons. The Labute approximate surface area is 187 Å². The third kappa shape index (κ3) is 3.67. The highest BCUT2D eigenvalue weighted by Gasteiger charge is 2.08. The predicted octanol–water partition coefficient (Wildman–Crippen LogP) is 6.67. The van der Waals surface area contributed by atoms with Crippen LogP contribution >= 0.6 is 0 Å². The molecule has 0 N–H and O–H groups in total. The number of rotatable bonds is 2. The second-order valence-corrected chi connectivity index (χ2v) is 7.64. The van der Waals surface area contributed by atoms with Gasteiger partial charge in [0.1, 0.15) is 11.6 Å². The lowest BCUT2D eigenvalue weighted by molar-refractivity contribution is 1.00. The van der Waals surface area contributed by atoms with Crippen LogP contribution in [0.4, 0.5) is 0 Å². The van der Waals surface area contributed by atoms with Crippen molar-refractivity contribution in [3.63, 3.8) is 0 Å². The van der Waals surface area contributed by atoms with E-state index in [1.165, 1.54) is 0 Å². The first-order valence-corrected chi connectivity index (χ1v) is 10.7. The van der Waals surface area contributed by atoms with Crippen molar-refractivity contribution >= 4 is 22.1 Å². The van der Waals surface area contributed by atoms with Gasteiger partial charge in [0.25, 0.3) is 0 Å². The molecule has 2 heterocycles. The fourth-order valence-corrected chi connectivity index (χ4v) is 4.10. The van der Waals surface area contributed by atoms with Crippen LogP contribution in [-0.2, 0) is 0 Å². The number of benzene rings is 4. The summed E-state index contributed by atoms with van der Waals surface area (Å²) in [5.74, 6) is 2.04. The Kier molecular flexibility index (Phi) is 5.26. The Morgan fingerprint density at radius 2 is 0.781 bits per heavy atom. The lowest BCUT2D eigenvalue weighted by Crippen LogP contribution is -1.95. The van der Waals surface area contributed by atoms with Crippen molar-refractivity contribution in [2.45, 2.75) is 13.8 Å². The monoisotopic (exact) mass is 416 g/mol. The molecule has 0 saturated heterocycles. The number of fused-ring (bicyclic) bond motifs is 2. The van der Waals surface area contributed by atoms with Gasteiger partial charge in [-0.25, -0.2) is 9.97 Å². The van der Waals surface area contributed by atoms with E-state index in [0.29, 0.717) is 0 Å². The maximum absolute atomic E-state index is 4.55. The standard InChI is InChI=1S/2C14H12N2/c2*1-11-15-13-9-5-6-10-14(13)16(11)12-7-3-2-4-8-12/h2*2-10H,1H3. The van der Waals surface area contributed by atoms with E-state index in [0.717, 1.165) is 45.1 Å². The average molecular weight is 417 g/mol. The smallest absolute Gasteiger partial charge is 0.111 e. The molecule has 0 saturated carbocycles. The average Bonchev–Trinajstić information content (AvgIpc) is 3.35. The molecule has 32 heavy (non-hydrogen) atoms. The van der Waals surface area contributed by atoms with Gasteiger partial charge in [-0.2, -0.15) is 0 Å². The number of aromatic nitrogens is 4. The van der Waals surface area contributed by atoms with Gasteiger partial charge in [-0.15, -0.1) is 0 Å². The van der Waals surface area contributed by atoms with Crippen LogP contribution < -0.4 is 0 Å². The molecule has 0 amide bonds. The van der Waals surface area contributed by atoms with Crippen LogP contribution in [0, 0.1) is 13.8 Å². The molecule has 4 nitrogen and oxygen atoms in total. The summed E-state index contributed by atoms with van der Waals surface area (Å²) in [6.45, 7) is 4.07.